The molecule has 1 heterocycles. The highest BCUT2D eigenvalue weighted by Crippen LogP contribution is 2.26. The molecule has 0 aliphatic heterocycles. The second-order valence-electron chi connectivity index (χ2n) is 3.93. The fraction of sp³-hybridized carbons (Fsp3) is 0.308. The maximum absolute atomic E-state index is 5.86. The van der Waals surface area contributed by atoms with Gasteiger partial charge in [0.1, 0.15) is 0 Å². The van der Waals surface area contributed by atoms with Gasteiger partial charge in [-0.15, -0.1) is 0 Å². The van der Waals surface area contributed by atoms with Gasteiger partial charge in [-0.25, -0.2) is 0 Å². The van der Waals surface area contributed by atoms with Crippen LogP contribution in [0.25, 0.3) is 0 Å². The third kappa shape index (κ3) is 4.36. The van der Waals surface area contributed by atoms with Crippen molar-refractivity contribution in [3.05, 3.63) is 35.1 Å². The minimum absolute atomic E-state index is 0.149. The van der Waals surface area contributed by atoms with Crippen LogP contribution in [0.4, 0.5) is 0 Å². The topological polar surface area (TPSA) is 47.9 Å². The lowest BCUT2D eigenvalue weighted by Gasteiger charge is -2.05. The van der Waals surface area contributed by atoms with Crippen LogP contribution in [-0.2, 0) is 0 Å². The average molecular weight is 296 g/mol. The van der Waals surface area contributed by atoms with Crippen molar-refractivity contribution in [2.75, 3.05) is 6.61 Å². The summed E-state index contributed by atoms with van der Waals surface area (Å²) < 4.78 is 5.37. The van der Waals surface area contributed by atoms with Crippen LogP contribution in [0.5, 0.6) is 6.01 Å². The fourth-order valence-electron chi connectivity index (χ4n) is 1.33. The van der Waals surface area contributed by atoms with E-state index in [-0.39, 0.29) is 11.3 Å². The maximum Gasteiger partial charge on any atom is 0.321 e. The van der Waals surface area contributed by atoms with Crippen molar-refractivity contribution in [2.45, 2.75) is 30.3 Å². The molecule has 2 rings (SSSR count). The lowest BCUT2D eigenvalue weighted by Crippen LogP contribution is -2.02. The first-order chi connectivity index (χ1) is 9.17. The van der Waals surface area contributed by atoms with Gasteiger partial charge in [0.05, 0.1) is 6.61 Å². The van der Waals surface area contributed by atoms with Gasteiger partial charge in [-0.2, -0.15) is 15.0 Å². The van der Waals surface area contributed by atoms with Crippen molar-refractivity contribution < 1.29 is 4.74 Å². The molecule has 1 aromatic heterocycles. The van der Waals surface area contributed by atoms with Crippen LogP contribution in [0.1, 0.15) is 18.9 Å². The summed E-state index contributed by atoms with van der Waals surface area (Å²) in [6.45, 7) is 4.63. The second-order valence-corrected chi connectivity index (χ2v) is 5.31. The third-order valence-corrected chi connectivity index (χ3v) is 3.27. The second kappa shape index (κ2) is 6.73. The molecule has 0 atom stereocenters. The van der Waals surface area contributed by atoms with E-state index >= 15 is 0 Å². The Labute approximate surface area is 121 Å². The van der Waals surface area contributed by atoms with Crippen LogP contribution in [0, 0.1) is 6.92 Å². The van der Waals surface area contributed by atoms with E-state index in [1.54, 1.807) is 0 Å². The molecule has 19 heavy (non-hydrogen) atoms. The van der Waals surface area contributed by atoms with E-state index in [0.717, 1.165) is 11.3 Å². The summed E-state index contributed by atoms with van der Waals surface area (Å²) in [7, 11) is 0. The normalized spacial score (nSPS) is 10.5. The molecule has 100 valence electrons. The standard InChI is InChI=1S/C13H14ClN3OS/c1-3-8-18-12-15-11(14)16-13(17-12)19-10-6-4-9(2)5-7-10/h4-7H,3,8H2,1-2H3. The van der Waals surface area contributed by atoms with Gasteiger partial charge in [-0.3, -0.25) is 0 Å². The van der Waals surface area contributed by atoms with Gasteiger partial charge in [0.2, 0.25) is 5.28 Å². The number of ether oxygens (including phenoxy) is 1. The number of aromatic nitrogens is 3. The monoisotopic (exact) mass is 295 g/mol. The summed E-state index contributed by atoms with van der Waals surface area (Å²) in [5.41, 5.74) is 1.21. The van der Waals surface area contributed by atoms with Gasteiger partial charge >= 0.3 is 6.01 Å². The molecule has 0 aliphatic rings. The molecule has 4 nitrogen and oxygen atoms in total. The van der Waals surface area contributed by atoms with Gasteiger partial charge in [-0.1, -0.05) is 24.6 Å². The average Bonchev–Trinajstić information content (AvgIpc) is 2.38. The molecule has 0 unspecified atom stereocenters. The molecule has 0 saturated carbocycles. The zero-order chi connectivity index (χ0) is 13.7. The molecule has 2 aromatic rings. The van der Waals surface area contributed by atoms with Crippen molar-refractivity contribution in [2.24, 2.45) is 0 Å². The van der Waals surface area contributed by atoms with Crippen molar-refractivity contribution in [3.8, 4) is 6.01 Å². The lowest BCUT2D eigenvalue weighted by molar-refractivity contribution is 0.288. The number of hydrogen-bond acceptors (Lipinski definition) is 5. The number of benzene rings is 1. The van der Waals surface area contributed by atoms with E-state index in [1.807, 2.05) is 38.1 Å². The van der Waals surface area contributed by atoms with E-state index < -0.39 is 0 Å². The van der Waals surface area contributed by atoms with Crippen LogP contribution in [0.15, 0.2) is 34.3 Å². The molecule has 0 N–H and O–H groups in total. The Bertz CT molecular complexity index is 548. The Hall–Kier alpha value is -1.33. The molecule has 1 aromatic carbocycles. The molecule has 0 saturated heterocycles. The molecule has 0 fully saturated rings. The van der Waals surface area contributed by atoms with E-state index in [0.29, 0.717) is 11.8 Å². The van der Waals surface area contributed by atoms with Crippen LogP contribution in [-0.4, -0.2) is 21.6 Å². The number of nitrogens with zero attached hydrogens (tertiary/aromatic N) is 3. The van der Waals surface area contributed by atoms with Gasteiger partial charge in [0, 0.05) is 4.90 Å². The molecular formula is C13H14ClN3OS. The zero-order valence-electron chi connectivity index (χ0n) is 10.8. The fourth-order valence-corrected chi connectivity index (χ4v) is 2.27. The SMILES string of the molecule is CCCOc1nc(Cl)nc(Sc2ccc(C)cc2)n1. The smallest absolute Gasteiger partial charge is 0.321 e. The first-order valence-electron chi connectivity index (χ1n) is 5.96. The predicted octanol–water partition coefficient (Wildman–Crippen LogP) is 3.77. The van der Waals surface area contributed by atoms with Gasteiger partial charge in [0.15, 0.2) is 5.16 Å². The first kappa shape index (κ1) is 14.1. The quantitative estimate of drug-likeness (QED) is 0.840. The molecule has 0 bridgehead atoms. The van der Waals surface area contributed by atoms with Crippen LogP contribution >= 0.6 is 23.4 Å². The number of rotatable bonds is 5. The Kier molecular flexibility index (Phi) is 4.99. The summed E-state index contributed by atoms with van der Waals surface area (Å²) in [6.07, 6.45) is 0.893. The Morgan fingerprint density at radius 1 is 1.16 bits per heavy atom. The van der Waals surface area contributed by atoms with E-state index in [1.165, 1.54) is 17.3 Å². The van der Waals surface area contributed by atoms with Gasteiger partial charge in [-0.05, 0) is 48.8 Å². The Balaban J connectivity index is 2.15. The zero-order valence-corrected chi connectivity index (χ0v) is 12.3. The lowest BCUT2D eigenvalue weighted by atomic mass is 10.2. The minimum atomic E-state index is 0.149. The molecule has 0 aliphatic carbocycles. The highest BCUT2D eigenvalue weighted by Gasteiger charge is 2.07. The van der Waals surface area contributed by atoms with E-state index in [9.17, 15) is 0 Å². The third-order valence-electron chi connectivity index (χ3n) is 2.23. The number of hydrogen-bond donors (Lipinski definition) is 0. The first-order valence-corrected chi connectivity index (χ1v) is 7.15. The van der Waals surface area contributed by atoms with E-state index in [4.69, 9.17) is 16.3 Å². The molecular weight excluding hydrogens is 282 g/mol. The van der Waals surface area contributed by atoms with Crippen molar-refractivity contribution >= 4 is 23.4 Å². The minimum Gasteiger partial charge on any atom is -0.463 e. The van der Waals surface area contributed by atoms with Gasteiger partial charge < -0.3 is 4.74 Å². The predicted molar refractivity (Wildman–Crippen MR) is 75.9 cm³/mol. The molecule has 0 amide bonds. The Morgan fingerprint density at radius 2 is 1.89 bits per heavy atom. The van der Waals surface area contributed by atoms with E-state index in [2.05, 4.69) is 15.0 Å². The molecule has 0 spiro atoms. The number of halogens is 1. The summed E-state index contributed by atoms with van der Waals surface area (Å²) in [4.78, 5) is 13.3. The molecule has 0 radical (unpaired) electrons. The summed E-state index contributed by atoms with van der Waals surface area (Å²) in [5, 5.41) is 0.686. The van der Waals surface area contributed by atoms with Crippen LogP contribution < -0.4 is 4.74 Å². The van der Waals surface area contributed by atoms with Crippen molar-refractivity contribution in [1.29, 1.82) is 0 Å². The van der Waals surface area contributed by atoms with Crippen LogP contribution in [0.3, 0.4) is 0 Å². The van der Waals surface area contributed by atoms with Crippen molar-refractivity contribution in [1.82, 2.24) is 15.0 Å². The maximum atomic E-state index is 5.86. The summed E-state index contributed by atoms with van der Waals surface area (Å²) in [5.74, 6) is 0. The highest BCUT2D eigenvalue weighted by molar-refractivity contribution is 7.99. The number of aryl methyl sites for hydroxylation is 1. The van der Waals surface area contributed by atoms with Crippen LogP contribution in [0.2, 0.25) is 5.28 Å². The summed E-state index contributed by atoms with van der Waals surface area (Å²) >= 11 is 7.30. The van der Waals surface area contributed by atoms with Crippen molar-refractivity contribution in [3.63, 3.8) is 0 Å². The highest BCUT2D eigenvalue weighted by atomic mass is 35.5. The summed E-state index contributed by atoms with van der Waals surface area (Å²) in [6, 6.07) is 8.39. The molecule has 6 heteroatoms. The Morgan fingerprint density at radius 3 is 2.58 bits per heavy atom. The largest absolute Gasteiger partial charge is 0.463 e. The van der Waals surface area contributed by atoms with Gasteiger partial charge in [0.25, 0.3) is 0 Å².